The molecule has 3 heterocycles. The van der Waals surface area contributed by atoms with Gasteiger partial charge in [-0.25, -0.2) is 8.60 Å². The van der Waals surface area contributed by atoms with E-state index in [1.54, 1.807) is 13.1 Å². The van der Waals surface area contributed by atoms with Gasteiger partial charge in [0.05, 0.1) is 36.9 Å². The minimum atomic E-state index is -1.22. The number of aryl methyl sites for hydroxylation is 1. The number of ether oxygens (including phenoxy) is 3. The van der Waals surface area contributed by atoms with E-state index in [4.69, 9.17) is 14.2 Å². The lowest BCUT2D eigenvalue weighted by Crippen LogP contribution is -2.38. The van der Waals surface area contributed by atoms with Gasteiger partial charge in [-0.2, -0.15) is 13.6 Å². The topological polar surface area (TPSA) is 94.9 Å². The first-order valence-corrected chi connectivity index (χ1v) is 13.0. The molecule has 3 unspecified atom stereocenters. The number of anilines is 1. The monoisotopic (exact) mass is 514 g/mol. The number of morpholine rings is 1. The molecule has 1 N–H and O–H groups in total. The van der Waals surface area contributed by atoms with Crippen LogP contribution in [0.25, 0.3) is 0 Å². The molecule has 1 aromatic carbocycles. The van der Waals surface area contributed by atoms with Crippen molar-refractivity contribution in [3.8, 4) is 5.75 Å². The van der Waals surface area contributed by atoms with Crippen molar-refractivity contribution in [3.63, 3.8) is 0 Å². The largest absolute Gasteiger partial charge is 0.489 e. The Labute approximate surface area is 206 Å². The van der Waals surface area contributed by atoms with Crippen molar-refractivity contribution in [2.75, 3.05) is 51.0 Å². The minimum Gasteiger partial charge on any atom is -0.489 e. The first-order valence-electron chi connectivity index (χ1n) is 11.5. The number of carbonyl (C=O) groups excluding carboxylic acids is 1. The van der Waals surface area contributed by atoms with Gasteiger partial charge in [-0.3, -0.25) is 9.69 Å². The molecule has 3 atom stereocenters. The van der Waals surface area contributed by atoms with Crippen molar-refractivity contribution in [1.29, 1.82) is 0 Å². The smallest absolute Gasteiger partial charge is 0.253 e. The highest BCUT2D eigenvalue weighted by atomic mass is 32.2. The third kappa shape index (κ3) is 8.06. The summed E-state index contributed by atoms with van der Waals surface area (Å²) in [5.41, 5.74) is 1.22. The second kappa shape index (κ2) is 13.1. The second-order valence-electron chi connectivity index (χ2n) is 8.31. The molecule has 0 aliphatic carbocycles. The van der Waals surface area contributed by atoms with Crippen molar-refractivity contribution in [2.24, 2.45) is 0 Å². The number of benzene rings is 1. The van der Waals surface area contributed by atoms with Gasteiger partial charge in [0, 0.05) is 25.9 Å². The highest BCUT2D eigenvalue weighted by Crippen LogP contribution is 2.22. The van der Waals surface area contributed by atoms with Gasteiger partial charge < -0.3 is 19.5 Å². The van der Waals surface area contributed by atoms with Crippen LogP contribution in [0.15, 0.2) is 24.4 Å². The number of carbonyl (C=O) groups is 1. The molecule has 0 bridgehead atoms. The van der Waals surface area contributed by atoms with Crippen LogP contribution in [0, 0.1) is 18.6 Å². The number of halogens is 2. The second-order valence-corrected chi connectivity index (χ2v) is 9.53. The summed E-state index contributed by atoms with van der Waals surface area (Å²) in [4.78, 5) is 14.1. The van der Waals surface area contributed by atoms with E-state index >= 15 is 0 Å². The molecule has 0 radical (unpaired) electrons. The maximum atomic E-state index is 13.2. The van der Waals surface area contributed by atoms with Gasteiger partial charge in [0.1, 0.15) is 23.7 Å². The molecule has 2 aliphatic heterocycles. The summed E-state index contributed by atoms with van der Waals surface area (Å²) in [5, 5.41) is 6.83. The van der Waals surface area contributed by atoms with Crippen LogP contribution in [0.5, 0.6) is 5.75 Å². The molecular formula is C23H32F2N4O5S. The van der Waals surface area contributed by atoms with E-state index in [-0.39, 0.29) is 17.8 Å². The van der Waals surface area contributed by atoms with E-state index in [9.17, 15) is 17.8 Å². The molecule has 0 saturated carbocycles. The Kier molecular flexibility index (Phi) is 10.1. The van der Waals surface area contributed by atoms with Crippen LogP contribution in [0.1, 0.15) is 25.5 Å². The van der Waals surface area contributed by atoms with E-state index < -0.39 is 28.7 Å². The van der Waals surface area contributed by atoms with Gasteiger partial charge >= 0.3 is 0 Å². The molecule has 4 rings (SSSR count). The van der Waals surface area contributed by atoms with Crippen LogP contribution >= 0.6 is 0 Å². The summed E-state index contributed by atoms with van der Waals surface area (Å²) in [6, 6.07) is 3.93. The van der Waals surface area contributed by atoms with Crippen LogP contribution in [0.4, 0.5) is 14.5 Å². The Bertz CT molecular complexity index is 1020. The van der Waals surface area contributed by atoms with E-state index in [1.807, 2.05) is 6.92 Å². The first kappa shape index (κ1) is 27.2. The molecule has 1 amide bonds. The Morgan fingerprint density at radius 3 is 2.66 bits per heavy atom. The summed E-state index contributed by atoms with van der Waals surface area (Å²) in [7, 11) is -1.22. The summed E-state index contributed by atoms with van der Waals surface area (Å²) < 4.78 is 54.6. The number of nitrogens with one attached hydrogen (secondary N) is 1. The highest BCUT2D eigenvalue weighted by Gasteiger charge is 2.28. The van der Waals surface area contributed by atoms with Gasteiger partial charge in [0.15, 0.2) is 11.6 Å². The molecule has 194 valence electrons. The Hall–Kier alpha value is -2.41. The molecule has 2 saturated heterocycles. The number of nitrogens with zero attached hydrogens (tertiary/aromatic N) is 3. The zero-order valence-corrected chi connectivity index (χ0v) is 21.0. The van der Waals surface area contributed by atoms with E-state index in [1.165, 1.54) is 22.5 Å². The number of rotatable bonds is 7. The molecule has 2 fully saturated rings. The Balaban J connectivity index is 0.000000196. The normalized spacial score (nSPS) is 21.2. The van der Waals surface area contributed by atoms with E-state index in [2.05, 4.69) is 15.3 Å². The van der Waals surface area contributed by atoms with Gasteiger partial charge in [0.25, 0.3) is 5.91 Å². The molecule has 35 heavy (non-hydrogen) atoms. The van der Waals surface area contributed by atoms with Crippen molar-refractivity contribution in [1.82, 2.24) is 14.1 Å². The van der Waals surface area contributed by atoms with E-state index in [0.717, 1.165) is 32.0 Å². The van der Waals surface area contributed by atoms with Crippen molar-refractivity contribution in [2.45, 2.75) is 38.9 Å². The standard InChI is InChI=1S/C12H15F2NO2.C11H17N3O3S/c13-10-2-1-3-11(12(10)14)17-9-6-15-4-7-16-8-5-15;1-7-4-5-10(17-7)11(15)12-9-6-14(18(3)16)13-8(9)2/h1-3H,4-9H2;6-7,10H,4-5H2,1-3H3,(H,12,15). The van der Waals surface area contributed by atoms with Crippen molar-refractivity contribution in [3.05, 3.63) is 41.7 Å². The Morgan fingerprint density at radius 1 is 1.29 bits per heavy atom. The zero-order valence-electron chi connectivity index (χ0n) is 20.2. The van der Waals surface area contributed by atoms with Crippen LogP contribution in [0.3, 0.4) is 0 Å². The van der Waals surface area contributed by atoms with Crippen molar-refractivity contribution < 1.29 is 32.0 Å². The van der Waals surface area contributed by atoms with Gasteiger partial charge in [0.2, 0.25) is 5.82 Å². The van der Waals surface area contributed by atoms with Gasteiger partial charge in [-0.1, -0.05) is 6.07 Å². The first-order chi connectivity index (χ1) is 16.7. The number of hydrogen-bond acceptors (Lipinski definition) is 7. The summed E-state index contributed by atoms with van der Waals surface area (Å²) in [6.45, 7) is 7.90. The lowest BCUT2D eigenvalue weighted by molar-refractivity contribution is -0.126. The molecule has 9 nitrogen and oxygen atoms in total. The lowest BCUT2D eigenvalue weighted by atomic mass is 10.2. The van der Waals surface area contributed by atoms with Crippen LogP contribution in [-0.2, 0) is 25.3 Å². The third-order valence-electron chi connectivity index (χ3n) is 5.61. The van der Waals surface area contributed by atoms with Crippen LogP contribution in [0.2, 0.25) is 0 Å². The summed E-state index contributed by atoms with van der Waals surface area (Å²) in [6.07, 6.45) is 4.47. The fraction of sp³-hybridized carbons (Fsp3) is 0.565. The quantitative estimate of drug-likeness (QED) is 0.607. The molecule has 2 aromatic rings. The lowest BCUT2D eigenvalue weighted by Gasteiger charge is -2.26. The van der Waals surface area contributed by atoms with E-state index in [0.29, 0.717) is 37.7 Å². The minimum absolute atomic E-state index is 0.0294. The zero-order chi connectivity index (χ0) is 25.4. The predicted molar refractivity (Wildman–Crippen MR) is 128 cm³/mol. The third-order valence-corrected chi connectivity index (χ3v) is 6.32. The molecule has 0 spiro atoms. The molecule has 2 aliphatic rings. The fourth-order valence-corrected chi connectivity index (χ4v) is 4.09. The summed E-state index contributed by atoms with van der Waals surface area (Å²) >= 11 is 0. The predicted octanol–water partition coefficient (Wildman–Crippen LogP) is 2.51. The average Bonchev–Trinajstić information content (AvgIpc) is 3.43. The number of hydrogen-bond donors (Lipinski definition) is 1. The van der Waals surface area contributed by atoms with Gasteiger partial charge in [-0.15, -0.1) is 0 Å². The maximum Gasteiger partial charge on any atom is 0.253 e. The van der Waals surface area contributed by atoms with Crippen LogP contribution < -0.4 is 10.1 Å². The fourth-order valence-electron chi connectivity index (χ4n) is 3.60. The molecule has 12 heteroatoms. The summed E-state index contributed by atoms with van der Waals surface area (Å²) in [5.74, 6) is -1.99. The number of amides is 1. The average molecular weight is 515 g/mol. The Morgan fingerprint density at radius 2 is 2.03 bits per heavy atom. The maximum absolute atomic E-state index is 13.2. The van der Waals surface area contributed by atoms with Crippen LogP contribution in [-0.4, -0.2) is 82.1 Å². The van der Waals surface area contributed by atoms with Gasteiger partial charge in [-0.05, 0) is 38.8 Å². The molecular weight excluding hydrogens is 482 g/mol. The van der Waals surface area contributed by atoms with Crippen molar-refractivity contribution >= 4 is 22.6 Å². The molecule has 1 aromatic heterocycles. The SMILES string of the molecule is Cc1nn(S(C)=O)cc1NC(=O)C1CCC(C)O1.Fc1cccc(OCCN2CCOCC2)c1F. The number of aromatic nitrogens is 2. The highest BCUT2D eigenvalue weighted by molar-refractivity contribution is 7.82.